The quantitative estimate of drug-likeness (QED) is 0.840. The zero-order valence-electron chi connectivity index (χ0n) is 13.0. The Morgan fingerprint density at radius 1 is 1.10 bits per heavy atom. The Morgan fingerprint density at radius 3 is 2.76 bits per heavy atom. The van der Waals surface area contributed by atoms with E-state index in [0.717, 1.165) is 12.3 Å². The van der Waals surface area contributed by atoms with Crippen molar-refractivity contribution in [1.82, 2.24) is 0 Å². The summed E-state index contributed by atoms with van der Waals surface area (Å²) in [4.78, 5) is 0. The van der Waals surface area contributed by atoms with Gasteiger partial charge in [-0.05, 0) is 47.4 Å². The van der Waals surface area contributed by atoms with Gasteiger partial charge in [0.15, 0.2) is 0 Å². The van der Waals surface area contributed by atoms with Gasteiger partial charge in [-0.15, -0.1) is 0 Å². The normalized spacial score (nSPS) is 24.1. The fourth-order valence-electron chi connectivity index (χ4n) is 3.92. The van der Waals surface area contributed by atoms with Crippen LogP contribution < -0.4 is 0 Å². The summed E-state index contributed by atoms with van der Waals surface area (Å²) >= 11 is 0. The third kappa shape index (κ3) is 3.29. The van der Waals surface area contributed by atoms with Gasteiger partial charge in [-0.25, -0.2) is 0 Å². The third-order valence-corrected chi connectivity index (χ3v) is 5.25. The molecule has 1 fully saturated rings. The number of hydrogen-bond acceptors (Lipinski definition) is 1. The lowest BCUT2D eigenvalue weighted by molar-refractivity contribution is 0.0687. The lowest BCUT2D eigenvalue weighted by atomic mass is 9.76. The van der Waals surface area contributed by atoms with E-state index < -0.39 is 0 Å². The van der Waals surface area contributed by atoms with Crippen LogP contribution in [0.15, 0.2) is 42.5 Å². The fraction of sp³-hybridized carbons (Fsp3) is 0.500. The molecule has 0 amide bonds. The number of rotatable bonds is 4. The fourth-order valence-corrected chi connectivity index (χ4v) is 3.92. The average molecular weight is 282 g/mol. The Kier molecular flexibility index (Phi) is 4.60. The first-order valence-electron chi connectivity index (χ1n) is 8.42. The molecule has 3 atom stereocenters. The first-order chi connectivity index (χ1) is 10.3. The molecule has 0 aliphatic heterocycles. The van der Waals surface area contributed by atoms with Crippen LogP contribution in [-0.4, -0.2) is 11.2 Å². The van der Waals surface area contributed by atoms with E-state index in [1.54, 1.807) is 0 Å². The number of aliphatic hydroxyl groups excluding tert-OH is 1. The molecule has 21 heavy (non-hydrogen) atoms. The lowest BCUT2D eigenvalue weighted by Gasteiger charge is -2.32. The van der Waals surface area contributed by atoms with Crippen molar-refractivity contribution >= 4 is 10.8 Å². The number of aliphatic hydroxyl groups is 1. The second-order valence-corrected chi connectivity index (χ2v) is 6.61. The van der Waals surface area contributed by atoms with E-state index >= 15 is 0 Å². The van der Waals surface area contributed by atoms with Gasteiger partial charge in [0.2, 0.25) is 0 Å². The van der Waals surface area contributed by atoms with Crippen LogP contribution >= 0.6 is 0 Å². The summed E-state index contributed by atoms with van der Waals surface area (Å²) < 4.78 is 0. The Labute approximate surface area is 128 Å². The van der Waals surface area contributed by atoms with Crippen molar-refractivity contribution in [3.05, 3.63) is 48.0 Å². The molecule has 3 unspecified atom stereocenters. The SMILES string of the molecule is CCC1CCCC(C(O)Cc2cccc3ccccc23)C1. The van der Waals surface area contributed by atoms with E-state index in [4.69, 9.17) is 0 Å². The molecule has 1 aliphatic rings. The van der Waals surface area contributed by atoms with Gasteiger partial charge in [0.1, 0.15) is 0 Å². The molecule has 0 heterocycles. The van der Waals surface area contributed by atoms with Gasteiger partial charge in [-0.2, -0.15) is 0 Å². The molecule has 0 saturated heterocycles. The van der Waals surface area contributed by atoms with Crippen molar-refractivity contribution in [3.8, 4) is 0 Å². The summed E-state index contributed by atoms with van der Waals surface area (Å²) in [5.41, 5.74) is 1.29. The smallest absolute Gasteiger partial charge is 0.0609 e. The highest BCUT2D eigenvalue weighted by Crippen LogP contribution is 2.34. The minimum absolute atomic E-state index is 0.190. The summed E-state index contributed by atoms with van der Waals surface area (Å²) in [6.07, 6.45) is 6.92. The number of fused-ring (bicyclic) bond motifs is 1. The van der Waals surface area contributed by atoms with E-state index in [9.17, 15) is 5.11 Å². The molecule has 0 radical (unpaired) electrons. The molecule has 1 aliphatic carbocycles. The highest BCUT2D eigenvalue weighted by molar-refractivity contribution is 5.85. The standard InChI is InChI=1S/C20H26O/c1-2-15-7-5-11-18(13-15)20(21)14-17-10-6-9-16-8-3-4-12-19(16)17/h3-4,6,8-10,12,15,18,20-21H,2,5,7,11,13-14H2,1H3. The summed E-state index contributed by atoms with van der Waals surface area (Å²) in [6.45, 7) is 2.28. The molecule has 2 aromatic carbocycles. The topological polar surface area (TPSA) is 20.2 Å². The predicted molar refractivity (Wildman–Crippen MR) is 89.4 cm³/mol. The van der Waals surface area contributed by atoms with Gasteiger partial charge in [-0.1, -0.05) is 68.7 Å². The number of benzene rings is 2. The minimum Gasteiger partial charge on any atom is -0.392 e. The molecule has 2 aromatic rings. The predicted octanol–water partition coefficient (Wildman–Crippen LogP) is 4.96. The largest absolute Gasteiger partial charge is 0.392 e. The second kappa shape index (κ2) is 6.62. The molecule has 1 N–H and O–H groups in total. The Balaban J connectivity index is 1.75. The van der Waals surface area contributed by atoms with Gasteiger partial charge in [0.25, 0.3) is 0 Å². The summed E-state index contributed by atoms with van der Waals surface area (Å²) in [5.74, 6) is 1.31. The zero-order chi connectivity index (χ0) is 14.7. The van der Waals surface area contributed by atoms with Crippen molar-refractivity contribution in [1.29, 1.82) is 0 Å². The van der Waals surface area contributed by atoms with Crippen LogP contribution in [-0.2, 0) is 6.42 Å². The van der Waals surface area contributed by atoms with Crippen molar-refractivity contribution < 1.29 is 5.11 Å². The summed E-state index contributed by atoms with van der Waals surface area (Å²) in [6, 6.07) is 14.9. The van der Waals surface area contributed by atoms with Crippen molar-refractivity contribution in [2.75, 3.05) is 0 Å². The van der Waals surface area contributed by atoms with Crippen LogP contribution in [0, 0.1) is 11.8 Å². The van der Waals surface area contributed by atoms with Gasteiger partial charge in [0, 0.05) is 0 Å². The second-order valence-electron chi connectivity index (χ2n) is 6.61. The minimum atomic E-state index is -0.190. The molecular weight excluding hydrogens is 256 g/mol. The van der Waals surface area contributed by atoms with Crippen LogP contribution in [0.4, 0.5) is 0 Å². The Morgan fingerprint density at radius 2 is 1.90 bits per heavy atom. The lowest BCUT2D eigenvalue weighted by Crippen LogP contribution is -2.28. The van der Waals surface area contributed by atoms with Crippen molar-refractivity contribution in [2.45, 2.75) is 51.6 Å². The monoisotopic (exact) mass is 282 g/mol. The Bertz CT molecular complexity index is 584. The van der Waals surface area contributed by atoms with Crippen molar-refractivity contribution in [3.63, 3.8) is 0 Å². The van der Waals surface area contributed by atoms with E-state index in [1.807, 2.05) is 0 Å². The van der Waals surface area contributed by atoms with E-state index in [-0.39, 0.29) is 6.10 Å². The first-order valence-corrected chi connectivity index (χ1v) is 8.42. The van der Waals surface area contributed by atoms with Crippen molar-refractivity contribution in [2.24, 2.45) is 11.8 Å². The zero-order valence-corrected chi connectivity index (χ0v) is 13.0. The first kappa shape index (κ1) is 14.6. The van der Waals surface area contributed by atoms with Gasteiger partial charge >= 0.3 is 0 Å². The molecule has 1 nitrogen and oxygen atoms in total. The number of hydrogen-bond donors (Lipinski definition) is 1. The molecule has 112 valence electrons. The van der Waals surface area contributed by atoms with Crippen LogP contribution in [0.3, 0.4) is 0 Å². The molecule has 1 heteroatoms. The summed E-state index contributed by atoms with van der Waals surface area (Å²) in [7, 11) is 0. The van der Waals surface area contributed by atoms with E-state index in [2.05, 4.69) is 49.4 Å². The molecule has 0 bridgehead atoms. The highest BCUT2D eigenvalue weighted by Gasteiger charge is 2.26. The van der Waals surface area contributed by atoms with Crippen LogP contribution in [0.5, 0.6) is 0 Å². The average Bonchev–Trinajstić information content (AvgIpc) is 2.55. The van der Waals surface area contributed by atoms with Crippen LogP contribution in [0.25, 0.3) is 10.8 Å². The molecule has 0 aromatic heterocycles. The molecule has 3 rings (SSSR count). The van der Waals surface area contributed by atoms with Crippen LogP contribution in [0.2, 0.25) is 0 Å². The Hall–Kier alpha value is -1.34. The highest BCUT2D eigenvalue weighted by atomic mass is 16.3. The maximum atomic E-state index is 10.7. The maximum absolute atomic E-state index is 10.7. The molecular formula is C20H26O. The molecule has 1 saturated carbocycles. The van der Waals surface area contributed by atoms with Gasteiger partial charge in [-0.3, -0.25) is 0 Å². The third-order valence-electron chi connectivity index (χ3n) is 5.25. The van der Waals surface area contributed by atoms with Gasteiger partial charge in [0.05, 0.1) is 6.10 Å². The van der Waals surface area contributed by atoms with E-state index in [0.29, 0.717) is 5.92 Å². The van der Waals surface area contributed by atoms with Crippen LogP contribution in [0.1, 0.15) is 44.6 Å². The molecule has 0 spiro atoms. The van der Waals surface area contributed by atoms with E-state index in [1.165, 1.54) is 48.4 Å². The maximum Gasteiger partial charge on any atom is 0.0609 e. The summed E-state index contributed by atoms with van der Waals surface area (Å²) in [5, 5.41) is 13.3. The van der Waals surface area contributed by atoms with Gasteiger partial charge < -0.3 is 5.11 Å².